The molecule has 4 heteroatoms. The molecule has 3 rings (SSSR count). The Bertz CT molecular complexity index is 695. The minimum atomic E-state index is -0.311. The standard InChI is InChI=1S/C23H34N2O2/c1-18(2)9-13-24-14-10-21(26)23(16-24)11-6-12-25(17-23)22(27)15-20-8-5-4-7-19(20)3/h4-5,7-9,21,26H,6,10-17H2,1-3H3/t21-,23-/m1/s1. The van der Waals surface area contributed by atoms with Crippen LogP contribution in [0.1, 0.15) is 44.2 Å². The first kappa shape index (κ1) is 20.1. The highest BCUT2D eigenvalue weighted by atomic mass is 16.3. The van der Waals surface area contributed by atoms with Gasteiger partial charge in [-0.15, -0.1) is 0 Å². The number of carbonyl (C=O) groups excluding carboxylic acids is 1. The molecule has 1 aromatic carbocycles. The zero-order valence-corrected chi connectivity index (χ0v) is 17.1. The summed E-state index contributed by atoms with van der Waals surface area (Å²) in [5.41, 5.74) is 3.43. The molecule has 2 heterocycles. The monoisotopic (exact) mass is 370 g/mol. The lowest BCUT2D eigenvalue weighted by molar-refractivity contribution is -0.140. The highest BCUT2D eigenvalue weighted by Crippen LogP contribution is 2.39. The summed E-state index contributed by atoms with van der Waals surface area (Å²) in [5.74, 6) is 0.192. The van der Waals surface area contributed by atoms with E-state index in [-0.39, 0.29) is 17.4 Å². The average molecular weight is 371 g/mol. The summed E-state index contributed by atoms with van der Waals surface area (Å²) >= 11 is 0. The van der Waals surface area contributed by atoms with Gasteiger partial charge in [-0.1, -0.05) is 35.9 Å². The molecule has 2 saturated heterocycles. The van der Waals surface area contributed by atoms with Crippen LogP contribution < -0.4 is 0 Å². The van der Waals surface area contributed by atoms with E-state index in [0.29, 0.717) is 13.0 Å². The smallest absolute Gasteiger partial charge is 0.227 e. The Kier molecular flexibility index (Phi) is 6.38. The third-order valence-corrected chi connectivity index (χ3v) is 6.29. The first-order valence-electron chi connectivity index (χ1n) is 10.3. The molecule has 2 aliphatic rings. The number of rotatable bonds is 4. The predicted molar refractivity (Wildman–Crippen MR) is 110 cm³/mol. The van der Waals surface area contributed by atoms with Crippen molar-refractivity contribution in [2.75, 3.05) is 32.7 Å². The fourth-order valence-electron chi connectivity index (χ4n) is 4.57. The maximum absolute atomic E-state index is 13.0. The molecule has 2 aliphatic heterocycles. The lowest BCUT2D eigenvalue weighted by atomic mass is 9.71. The highest BCUT2D eigenvalue weighted by Gasteiger charge is 2.46. The normalized spacial score (nSPS) is 26.2. The van der Waals surface area contributed by atoms with Crippen LogP contribution >= 0.6 is 0 Å². The molecule has 27 heavy (non-hydrogen) atoms. The van der Waals surface area contributed by atoms with E-state index in [2.05, 4.69) is 37.8 Å². The summed E-state index contributed by atoms with van der Waals surface area (Å²) in [6, 6.07) is 8.12. The third kappa shape index (κ3) is 4.80. The van der Waals surface area contributed by atoms with Gasteiger partial charge in [0.1, 0.15) is 0 Å². The summed E-state index contributed by atoms with van der Waals surface area (Å²) in [4.78, 5) is 17.4. The molecule has 0 saturated carbocycles. The quantitative estimate of drug-likeness (QED) is 0.828. The molecule has 0 unspecified atom stereocenters. The molecule has 1 amide bonds. The van der Waals surface area contributed by atoms with Crippen molar-refractivity contribution in [1.82, 2.24) is 9.80 Å². The van der Waals surface area contributed by atoms with Crippen molar-refractivity contribution >= 4 is 5.91 Å². The minimum absolute atomic E-state index is 0.173. The maximum Gasteiger partial charge on any atom is 0.227 e. The largest absolute Gasteiger partial charge is 0.392 e. The number of aliphatic hydroxyl groups is 1. The number of hydrogen-bond acceptors (Lipinski definition) is 3. The van der Waals surface area contributed by atoms with Crippen molar-refractivity contribution in [1.29, 1.82) is 0 Å². The fraction of sp³-hybridized carbons (Fsp3) is 0.609. The minimum Gasteiger partial charge on any atom is -0.392 e. The Morgan fingerprint density at radius 1 is 1.26 bits per heavy atom. The van der Waals surface area contributed by atoms with Gasteiger partial charge in [-0.3, -0.25) is 9.69 Å². The van der Waals surface area contributed by atoms with Gasteiger partial charge >= 0.3 is 0 Å². The zero-order chi connectivity index (χ0) is 19.4. The van der Waals surface area contributed by atoms with E-state index in [4.69, 9.17) is 0 Å². The fourth-order valence-corrected chi connectivity index (χ4v) is 4.57. The molecule has 0 radical (unpaired) electrons. The second-order valence-corrected chi connectivity index (χ2v) is 8.71. The van der Waals surface area contributed by atoms with Crippen LogP contribution in [-0.4, -0.2) is 59.6 Å². The molecular formula is C23H34N2O2. The molecule has 2 fully saturated rings. The molecule has 1 N–H and O–H groups in total. The Labute approximate surface area is 163 Å². The lowest BCUT2D eigenvalue weighted by Crippen LogP contribution is -2.59. The summed E-state index contributed by atoms with van der Waals surface area (Å²) in [6.07, 6.45) is 5.20. The molecule has 2 atom stereocenters. The average Bonchev–Trinajstić information content (AvgIpc) is 2.65. The topological polar surface area (TPSA) is 43.8 Å². The molecule has 0 aliphatic carbocycles. The van der Waals surface area contributed by atoms with E-state index in [1.807, 2.05) is 23.1 Å². The second-order valence-electron chi connectivity index (χ2n) is 8.71. The van der Waals surface area contributed by atoms with E-state index in [1.54, 1.807) is 0 Å². The Hall–Kier alpha value is -1.65. The number of aryl methyl sites for hydroxylation is 1. The lowest BCUT2D eigenvalue weighted by Gasteiger charge is -2.51. The molecule has 0 aromatic heterocycles. The van der Waals surface area contributed by atoms with Crippen LogP contribution in [0.5, 0.6) is 0 Å². The van der Waals surface area contributed by atoms with Gasteiger partial charge in [0.25, 0.3) is 0 Å². The maximum atomic E-state index is 13.0. The van der Waals surface area contributed by atoms with Crippen LogP contribution in [0.3, 0.4) is 0 Å². The van der Waals surface area contributed by atoms with Gasteiger partial charge in [0.05, 0.1) is 12.5 Å². The SMILES string of the molecule is CC(C)=CCN1CC[C@@H](O)[C@]2(CCCN(C(=O)Cc3ccccc3C)C2)C1. The summed E-state index contributed by atoms with van der Waals surface area (Å²) in [5, 5.41) is 10.8. The summed E-state index contributed by atoms with van der Waals surface area (Å²) in [7, 11) is 0. The van der Waals surface area contributed by atoms with Crippen molar-refractivity contribution in [3.8, 4) is 0 Å². The first-order valence-corrected chi connectivity index (χ1v) is 10.3. The van der Waals surface area contributed by atoms with Crippen molar-refractivity contribution in [3.63, 3.8) is 0 Å². The Morgan fingerprint density at radius 3 is 2.78 bits per heavy atom. The number of allylic oxidation sites excluding steroid dienone is 1. The van der Waals surface area contributed by atoms with Crippen molar-refractivity contribution < 1.29 is 9.90 Å². The van der Waals surface area contributed by atoms with Crippen LogP contribution in [-0.2, 0) is 11.2 Å². The van der Waals surface area contributed by atoms with Gasteiger partial charge in [0.15, 0.2) is 0 Å². The van der Waals surface area contributed by atoms with Crippen LogP contribution in [0.15, 0.2) is 35.9 Å². The molecule has 1 aromatic rings. The van der Waals surface area contributed by atoms with Gasteiger partial charge in [0.2, 0.25) is 5.91 Å². The number of amides is 1. The molecule has 1 spiro atoms. The number of likely N-dealkylation sites (tertiary alicyclic amines) is 2. The summed E-state index contributed by atoms with van der Waals surface area (Å²) in [6.45, 7) is 10.6. The number of nitrogens with zero attached hydrogens (tertiary/aromatic N) is 2. The van der Waals surface area contributed by atoms with Crippen molar-refractivity contribution in [3.05, 3.63) is 47.0 Å². The van der Waals surface area contributed by atoms with E-state index in [1.165, 1.54) is 11.1 Å². The Balaban J connectivity index is 1.68. The number of carbonyl (C=O) groups is 1. The molecule has 148 valence electrons. The van der Waals surface area contributed by atoms with E-state index < -0.39 is 0 Å². The number of benzene rings is 1. The van der Waals surface area contributed by atoms with Gasteiger partial charge < -0.3 is 10.0 Å². The van der Waals surface area contributed by atoms with Crippen molar-refractivity contribution in [2.45, 2.75) is 52.6 Å². The van der Waals surface area contributed by atoms with E-state index >= 15 is 0 Å². The van der Waals surface area contributed by atoms with Gasteiger partial charge in [-0.25, -0.2) is 0 Å². The summed E-state index contributed by atoms with van der Waals surface area (Å²) < 4.78 is 0. The molecule has 0 bridgehead atoms. The second kappa shape index (κ2) is 8.57. The number of hydrogen-bond donors (Lipinski definition) is 1. The highest BCUT2D eigenvalue weighted by molar-refractivity contribution is 5.79. The van der Waals surface area contributed by atoms with Gasteiger partial charge in [0, 0.05) is 38.1 Å². The third-order valence-electron chi connectivity index (χ3n) is 6.29. The van der Waals surface area contributed by atoms with E-state index in [9.17, 15) is 9.90 Å². The van der Waals surface area contributed by atoms with Gasteiger partial charge in [-0.05, 0) is 51.2 Å². The van der Waals surface area contributed by atoms with Crippen LogP contribution in [0.25, 0.3) is 0 Å². The molecular weight excluding hydrogens is 336 g/mol. The van der Waals surface area contributed by atoms with E-state index in [0.717, 1.165) is 51.0 Å². The molecule has 4 nitrogen and oxygen atoms in total. The van der Waals surface area contributed by atoms with Crippen LogP contribution in [0.2, 0.25) is 0 Å². The number of aliphatic hydroxyl groups excluding tert-OH is 1. The van der Waals surface area contributed by atoms with Gasteiger partial charge in [-0.2, -0.15) is 0 Å². The Morgan fingerprint density at radius 2 is 2.04 bits per heavy atom. The number of piperidine rings is 2. The van der Waals surface area contributed by atoms with Crippen LogP contribution in [0.4, 0.5) is 0 Å². The predicted octanol–water partition coefficient (Wildman–Crippen LogP) is 3.18. The first-order chi connectivity index (χ1) is 12.9. The van der Waals surface area contributed by atoms with Crippen molar-refractivity contribution in [2.24, 2.45) is 5.41 Å². The zero-order valence-electron chi connectivity index (χ0n) is 17.1. The van der Waals surface area contributed by atoms with Crippen LogP contribution in [0, 0.1) is 12.3 Å².